The van der Waals surface area contributed by atoms with Crippen LogP contribution in [0.15, 0.2) is 77.7 Å². The van der Waals surface area contributed by atoms with Crippen molar-refractivity contribution in [1.82, 2.24) is 10.0 Å². The predicted molar refractivity (Wildman–Crippen MR) is 140 cm³/mol. The van der Waals surface area contributed by atoms with E-state index in [2.05, 4.69) is 15.4 Å². The first-order valence-corrected chi connectivity index (χ1v) is 13.8. The van der Waals surface area contributed by atoms with Crippen LogP contribution in [-0.4, -0.2) is 38.9 Å². The first-order valence-electron chi connectivity index (χ1n) is 12.3. The van der Waals surface area contributed by atoms with Crippen LogP contribution in [0.25, 0.3) is 0 Å². The van der Waals surface area contributed by atoms with E-state index in [-0.39, 0.29) is 28.2 Å². The molecule has 2 amide bonds. The first-order chi connectivity index (χ1) is 18.2. The third-order valence-corrected chi connectivity index (χ3v) is 8.74. The van der Waals surface area contributed by atoms with Gasteiger partial charge in [0.2, 0.25) is 15.9 Å². The van der Waals surface area contributed by atoms with Gasteiger partial charge < -0.3 is 15.4 Å². The largest absolute Gasteiger partial charge is 0.495 e. The number of rotatable bonds is 10. The average molecular weight is 538 g/mol. The number of carbonyl (C=O) groups excluding carboxylic acids is 2. The molecule has 3 saturated carbocycles. The third-order valence-electron chi connectivity index (χ3n) is 7.12. The van der Waals surface area contributed by atoms with E-state index in [1.165, 1.54) is 49.6 Å². The number of nitrogens with one attached hydrogen (secondary N) is 3. The lowest BCUT2D eigenvalue weighted by Crippen LogP contribution is -2.67. The van der Waals surface area contributed by atoms with Crippen LogP contribution in [-0.2, 0) is 21.2 Å². The van der Waals surface area contributed by atoms with Gasteiger partial charge in [-0.3, -0.25) is 9.59 Å². The van der Waals surface area contributed by atoms with Gasteiger partial charge in [0.15, 0.2) is 0 Å². The predicted octanol–water partition coefficient (Wildman–Crippen LogP) is 3.64. The lowest BCUT2D eigenvalue weighted by Gasteiger charge is -2.61. The number of sulfonamides is 1. The summed E-state index contributed by atoms with van der Waals surface area (Å²) in [6, 6.07) is 17.6. The summed E-state index contributed by atoms with van der Waals surface area (Å²) in [4.78, 5) is 26.1. The number of ether oxygens (including phenoxy) is 1. The van der Waals surface area contributed by atoms with Crippen molar-refractivity contribution in [2.24, 2.45) is 5.92 Å². The van der Waals surface area contributed by atoms with E-state index in [0.29, 0.717) is 11.6 Å². The van der Waals surface area contributed by atoms with Crippen molar-refractivity contribution < 1.29 is 27.1 Å². The zero-order valence-electron chi connectivity index (χ0n) is 20.7. The zero-order valence-corrected chi connectivity index (χ0v) is 21.6. The lowest BCUT2D eigenvalue weighted by molar-refractivity contribution is -0.118. The fraction of sp³-hybridized carbons (Fsp3) is 0.286. The molecule has 3 fully saturated rings. The Morgan fingerprint density at radius 1 is 1.03 bits per heavy atom. The standard InChI is InChI=1S/C28H28FN3O5S/c1-37-24-14-22(11-12-25(24)38(35,36)32-28-15-19(16-28)17-28)30-27(34)23(13-18-5-3-2-4-6-18)31-26(33)20-7-9-21(29)10-8-20/h2-12,14,19,23,32H,13,15-17H2,1H3,(H,30,34)(H,31,33)/t19?,23-,28?/m0/s1. The Kier molecular flexibility index (Phi) is 6.93. The van der Waals surface area contributed by atoms with Crippen LogP contribution in [0.3, 0.4) is 0 Å². The van der Waals surface area contributed by atoms with Crippen molar-refractivity contribution in [3.8, 4) is 5.75 Å². The number of amides is 2. The fourth-order valence-electron chi connectivity index (χ4n) is 5.04. The van der Waals surface area contributed by atoms with Crippen LogP contribution in [0.4, 0.5) is 10.1 Å². The molecule has 0 saturated heterocycles. The van der Waals surface area contributed by atoms with Gasteiger partial charge >= 0.3 is 0 Å². The van der Waals surface area contributed by atoms with Crippen molar-refractivity contribution in [3.63, 3.8) is 0 Å². The molecule has 0 unspecified atom stereocenters. The van der Waals surface area contributed by atoms with Gasteiger partial charge in [0.05, 0.1) is 7.11 Å². The molecule has 3 aliphatic carbocycles. The highest BCUT2D eigenvalue weighted by Crippen LogP contribution is 2.57. The Hall–Kier alpha value is -3.76. The molecule has 0 heterocycles. The fourth-order valence-corrected chi connectivity index (χ4v) is 6.63. The minimum atomic E-state index is -3.81. The maximum Gasteiger partial charge on any atom is 0.251 e. The van der Waals surface area contributed by atoms with Crippen LogP contribution in [0.2, 0.25) is 0 Å². The summed E-state index contributed by atoms with van der Waals surface area (Å²) in [5.74, 6) is -0.797. The quantitative estimate of drug-likeness (QED) is 0.366. The van der Waals surface area contributed by atoms with Gasteiger partial charge in [-0.25, -0.2) is 17.5 Å². The lowest BCUT2D eigenvalue weighted by atomic mass is 9.50. The molecular weight excluding hydrogens is 509 g/mol. The Bertz CT molecular complexity index is 1440. The van der Waals surface area contributed by atoms with Gasteiger partial charge in [-0.05, 0) is 67.1 Å². The Balaban J connectivity index is 1.34. The zero-order chi connectivity index (χ0) is 26.9. The third kappa shape index (κ3) is 5.41. The SMILES string of the molecule is COc1cc(NC(=O)[C@H](Cc2ccccc2)NC(=O)c2ccc(F)cc2)ccc1S(=O)(=O)NC12CC(C1)C2. The second kappa shape index (κ2) is 10.2. The highest BCUT2D eigenvalue weighted by atomic mass is 32.2. The molecule has 1 atom stereocenters. The van der Waals surface area contributed by atoms with Crippen LogP contribution in [0.5, 0.6) is 5.75 Å². The molecule has 3 aliphatic rings. The number of halogens is 1. The number of hydrogen-bond donors (Lipinski definition) is 3. The molecule has 198 valence electrons. The smallest absolute Gasteiger partial charge is 0.251 e. The molecule has 0 aliphatic heterocycles. The van der Waals surface area contributed by atoms with Gasteiger partial charge in [-0.1, -0.05) is 30.3 Å². The Morgan fingerprint density at radius 2 is 1.71 bits per heavy atom. The van der Waals surface area contributed by atoms with Gasteiger partial charge in [0.25, 0.3) is 5.91 Å². The number of anilines is 1. The summed E-state index contributed by atoms with van der Waals surface area (Å²) in [5, 5.41) is 5.47. The van der Waals surface area contributed by atoms with Crippen LogP contribution < -0.4 is 20.1 Å². The van der Waals surface area contributed by atoms with Gasteiger partial charge in [-0.2, -0.15) is 0 Å². The maximum absolute atomic E-state index is 13.3. The second-order valence-electron chi connectivity index (χ2n) is 9.94. The van der Waals surface area contributed by atoms with Crippen LogP contribution in [0, 0.1) is 11.7 Å². The normalized spacial score (nSPS) is 20.4. The van der Waals surface area contributed by atoms with Crippen molar-refractivity contribution in [2.75, 3.05) is 12.4 Å². The summed E-state index contributed by atoms with van der Waals surface area (Å²) in [7, 11) is -2.44. The maximum atomic E-state index is 13.3. The Morgan fingerprint density at radius 3 is 2.32 bits per heavy atom. The summed E-state index contributed by atoms with van der Waals surface area (Å²) in [5.41, 5.74) is 1.01. The van der Waals surface area contributed by atoms with E-state index in [0.717, 1.165) is 24.8 Å². The van der Waals surface area contributed by atoms with Crippen molar-refractivity contribution in [1.29, 1.82) is 0 Å². The second-order valence-corrected chi connectivity index (χ2v) is 11.6. The average Bonchev–Trinajstić information content (AvgIpc) is 2.86. The summed E-state index contributed by atoms with van der Waals surface area (Å²) >= 11 is 0. The minimum Gasteiger partial charge on any atom is -0.495 e. The molecule has 0 spiro atoms. The summed E-state index contributed by atoms with van der Waals surface area (Å²) < 4.78 is 47.5. The number of carbonyl (C=O) groups is 2. The van der Waals surface area contributed by atoms with Gasteiger partial charge in [-0.15, -0.1) is 0 Å². The van der Waals surface area contributed by atoms with E-state index < -0.39 is 33.7 Å². The van der Waals surface area contributed by atoms with Crippen molar-refractivity contribution in [2.45, 2.75) is 42.2 Å². The van der Waals surface area contributed by atoms with E-state index in [4.69, 9.17) is 4.74 Å². The van der Waals surface area contributed by atoms with E-state index >= 15 is 0 Å². The highest BCUT2D eigenvalue weighted by molar-refractivity contribution is 7.89. The van der Waals surface area contributed by atoms with E-state index in [1.807, 2.05) is 30.3 Å². The van der Waals surface area contributed by atoms with Gasteiger partial charge in [0.1, 0.15) is 22.5 Å². The van der Waals surface area contributed by atoms with E-state index in [1.54, 1.807) is 0 Å². The summed E-state index contributed by atoms with van der Waals surface area (Å²) in [6.07, 6.45) is 2.77. The molecule has 8 nitrogen and oxygen atoms in total. The van der Waals surface area contributed by atoms with Crippen molar-refractivity contribution >= 4 is 27.5 Å². The molecule has 10 heteroatoms. The molecule has 3 aromatic carbocycles. The number of benzene rings is 3. The first kappa shape index (κ1) is 25.9. The molecule has 3 aromatic rings. The molecule has 3 N–H and O–H groups in total. The number of methoxy groups -OCH3 is 1. The minimum absolute atomic E-state index is 0.00632. The van der Waals surface area contributed by atoms with Gasteiger partial charge in [0, 0.05) is 29.3 Å². The molecule has 6 rings (SSSR count). The molecule has 0 aromatic heterocycles. The number of hydrogen-bond acceptors (Lipinski definition) is 5. The molecule has 2 bridgehead atoms. The van der Waals surface area contributed by atoms with Crippen LogP contribution >= 0.6 is 0 Å². The Labute approximate surface area is 220 Å². The van der Waals surface area contributed by atoms with E-state index in [9.17, 15) is 22.4 Å². The van der Waals surface area contributed by atoms with Crippen LogP contribution in [0.1, 0.15) is 35.2 Å². The molecule has 0 radical (unpaired) electrons. The topological polar surface area (TPSA) is 114 Å². The highest BCUT2D eigenvalue weighted by Gasteiger charge is 2.58. The monoisotopic (exact) mass is 537 g/mol. The van der Waals surface area contributed by atoms with Crippen molar-refractivity contribution in [3.05, 3.63) is 89.7 Å². The molecule has 38 heavy (non-hydrogen) atoms. The summed E-state index contributed by atoms with van der Waals surface area (Å²) in [6.45, 7) is 0. The molecular formula is C28H28FN3O5S.